The summed E-state index contributed by atoms with van der Waals surface area (Å²) in [7, 11) is -3.16. The van der Waals surface area contributed by atoms with Gasteiger partial charge in [0.1, 0.15) is 0 Å². The van der Waals surface area contributed by atoms with E-state index in [1.807, 2.05) is 0 Å². The highest BCUT2D eigenvalue weighted by Crippen LogP contribution is 2.09. The third kappa shape index (κ3) is 4.60. The molecule has 0 radical (unpaired) electrons. The van der Waals surface area contributed by atoms with Crippen molar-refractivity contribution >= 4 is 9.84 Å². The molecule has 1 aromatic rings. The zero-order valence-corrected chi connectivity index (χ0v) is 10.1. The van der Waals surface area contributed by atoms with Crippen LogP contribution in [0.4, 0.5) is 0 Å². The third-order valence-electron chi connectivity index (χ3n) is 1.92. The predicted octanol–water partition coefficient (Wildman–Crippen LogP) is 2.14. The second-order valence-corrected chi connectivity index (χ2v) is 5.32. The fourth-order valence-corrected chi connectivity index (χ4v) is 1.73. The molecule has 0 aliphatic rings. The van der Waals surface area contributed by atoms with Crippen LogP contribution in [-0.4, -0.2) is 21.2 Å². The highest BCUT2D eigenvalue weighted by Gasteiger charge is 2.04. The summed E-state index contributed by atoms with van der Waals surface area (Å²) in [5, 5.41) is 3.35. The first-order valence-corrected chi connectivity index (χ1v) is 6.73. The molecule has 0 fully saturated rings. The molecule has 0 amide bonds. The van der Waals surface area contributed by atoms with Crippen molar-refractivity contribution in [1.82, 2.24) is 0 Å². The van der Waals surface area contributed by atoms with Gasteiger partial charge in [-0.15, -0.1) is 0 Å². The van der Waals surface area contributed by atoms with Crippen molar-refractivity contribution in [2.45, 2.75) is 11.3 Å². The van der Waals surface area contributed by atoms with Crippen LogP contribution in [-0.2, 0) is 9.84 Å². The molecular weight excluding hydrogens is 238 g/mol. The number of nitrogens with zero attached hydrogens (tertiary/aromatic N) is 3. The van der Waals surface area contributed by atoms with Crippen LogP contribution in [0, 0.1) is 11.8 Å². The molecule has 0 unspecified atom stereocenters. The standard InChI is InChI=1S/C11H11N3O2S/c1-17(15,16)11-7-5-10(6-8-11)4-2-3-9-13-14-12/h5-8H,3,9H2,1H3. The Kier molecular flexibility index (Phi) is 4.58. The van der Waals surface area contributed by atoms with E-state index in [4.69, 9.17) is 5.53 Å². The maximum atomic E-state index is 11.2. The zero-order valence-electron chi connectivity index (χ0n) is 9.29. The average Bonchev–Trinajstić information content (AvgIpc) is 2.28. The van der Waals surface area contributed by atoms with Gasteiger partial charge in [0, 0.05) is 29.7 Å². The largest absolute Gasteiger partial charge is 0.224 e. The lowest BCUT2D eigenvalue weighted by atomic mass is 10.2. The van der Waals surface area contributed by atoms with E-state index in [0.717, 1.165) is 11.8 Å². The minimum absolute atomic E-state index is 0.275. The van der Waals surface area contributed by atoms with Gasteiger partial charge in [0.05, 0.1) is 4.90 Å². The monoisotopic (exact) mass is 249 g/mol. The molecule has 0 heterocycles. The van der Waals surface area contributed by atoms with Crippen LogP contribution in [0.25, 0.3) is 10.4 Å². The Morgan fingerprint density at radius 2 is 2.00 bits per heavy atom. The molecule has 88 valence electrons. The molecule has 0 spiro atoms. The lowest BCUT2D eigenvalue weighted by Crippen LogP contribution is -1.96. The first-order valence-electron chi connectivity index (χ1n) is 4.84. The average molecular weight is 249 g/mol. The molecule has 0 saturated carbocycles. The van der Waals surface area contributed by atoms with Crippen LogP contribution in [0.2, 0.25) is 0 Å². The summed E-state index contributed by atoms with van der Waals surface area (Å²) < 4.78 is 22.4. The SMILES string of the molecule is CS(=O)(=O)c1ccc(C#CCCN=[N+]=[N-])cc1. The molecule has 1 rings (SSSR count). The van der Waals surface area contributed by atoms with E-state index in [1.165, 1.54) is 12.1 Å². The lowest BCUT2D eigenvalue weighted by molar-refractivity contribution is 0.602. The second kappa shape index (κ2) is 5.94. The Morgan fingerprint density at radius 1 is 1.35 bits per heavy atom. The van der Waals surface area contributed by atoms with Gasteiger partial charge in [0.2, 0.25) is 0 Å². The number of azide groups is 1. The quantitative estimate of drug-likeness (QED) is 0.270. The van der Waals surface area contributed by atoms with E-state index < -0.39 is 9.84 Å². The van der Waals surface area contributed by atoms with Gasteiger partial charge in [-0.3, -0.25) is 0 Å². The van der Waals surface area contributed by atoms with E-state index in [2.05, 4.69) is 21.9 Å². The third-order valence-corrected chi connectivity index (χ3v) is 3.04. The van der Waals surface area contributed by atoms with Gasteiger partial charge < -0.3 is 0 Å². The van der Waals surface area contributed by atoms with Crippen molar-refractivity contribution in [3.05, 3.63) is 40.3 Å². The number of rotatable bonds is 3. The van der Waals surface area contributed by atoms with E-state index in [-0.39, 0.29) is 4.90 Å². The smallest absolute Gasteiger partial charge is 0.175 e. The summed E-state index contributed by atoms with van der Waals surface area (Å²) in [6, 6.07) is 6.34. The van der Waals surface area contributed by atoms with E-state index in [9.17, 15) is 8.42 Å². The van der Waals surface area contributed by atoms with Gasteiger partial charge in [-0.25, -0.2) is 8.42 Å². The van der Waals surface area contributed by atoms with Crippen molar-refractivity contribution in [2.24, 2.45) is 5.11 Å². The van der Waals surface area contributed by atoms with Gasteiger partial charge in [0.15, 0.2) is 9.84 Å². The van der Waals surface area contributed by atoms with Crippen LogP contribution < -0.4 is 0 Å². The van der Waals surface area contributed by atoms with Gasteiger partial charge in [-0.2, -0.15) is 0 Å². The maximum Gasteiger partial charge on any atom is 0.175 e. The van der Waals surface area contributed by atoms with Crippen molar-refractivity contribution in [3.8, 4) is 11.8 Å². The first-order chi connectivity index (χ1) is 8.04. The highest BCUT2D eigenvalue weighted by molar-refractivity contribution is 7.90. The summed E-state index contributed by atoms with van der Waals surface area (Å²) in [6.07, 6.45) is 1.64. The van der Waals surface area contributed by atoms with Gasteiger partial charge in [0.25, 0.3) is 0 Å². The van der Waals surface area contributed by atoms with E-state index >= 15 is 0 Å². The number of hydrogen-bond acceptors (Lipinski definition) is 3. The summed E-state index contributed by atoms with van der Waals surface area (Å²) in [5.41, 5.74) is 8.78. The number of benzene rings is 1. The second-order valence-electron chi connectivity index (χ2n) is 3.30. The number of sulfone groups is 1. The highest BCUT2D eigenvalue weighted by atomic mass is 32.2. The Morgan fingerprint density at radius 3 is 2.53 bits per heavy atom. The molecule has 0 bridgehead atoms. The van der Waals surface area contributed by atoms with Gasteiger partial charge >= 0.3 is 0 Å². The summed E-state index contributed by atoms with van der Waals surface area (Å²) in [4.78, 5) is 2.88. The van der Waals surface area contributed by atoms with Crippen LogP contribution in [0.1, 0.15) is 12.0 Å². The molecule has 1 aromatic carbocycles. The van der Waals surface area contributed by atoms with Crippen molar-refractivity contribution in [2.75, 3.05) is 12.8 Å². The Balaban J connectivity index is 2.72. The minimum Gasteiger partial charge on any atom is -0.224 e. The van der Waals surface area contributed by atoms with Gasteiger partial charge in [-0.1, -0.05) is 17.0 Å². The Labute approximate surface area is 100 Å². The topological polar surface area (TPSA) is 82.9 Å². The van der Waals surface area contributed by atoms with E-state index in [0.29, 0.717) is 13.0 Å². The molecule has 6 heteroatoms. The van der Waals surface area contributed by atoms with Gasteiger partial charge in [-0.05, 0) is 29.8 Å². The van der Waals surface area contributed by atoms with Crippen LogP contribution in [0.15, 0.2) is 34.3 Å². The molecule has 0 saturated heterocycles. The molecule has 17 heavy (non-hydrogen) atoms. The summed E-state index contributed by atoms with van der Waals surface area (Å²) in [5.74, 6) is 5.68. The number of hydrogen-bond donors (Lipinski definition) is 0. The summed E-state index contributed by atoms with van der Waals surface area (Å²) in [6.45, 7) is 0.338. The molecule has 0 atom stereocenters. The predicted molar refractivity (Wildman–Crippen MR) is 65.1 cm³/mol. The molecule has 5 nitrogen and oxygen atoms in total. The zero-order chi connectivity index (χ0) is 12.7. The van der Waals surface area contributed by atoms with Crippen molar-refractivity contribution in [1.29, 1.82) is 0 Å². The fourth-order valence-electron chi connectivity index (χ4n) is 1.10. The molecule has 0 aromatic heterocycles. The maximum absolute atomic E-state index is 11.2. The van der Waals surface area contributed by atoms with Crippen LogP contribution in [0.5, 0.6) is 0 Å². The first kappa shape index (κ1) is 13.1. The molecular formula is C11H11N3O2S. The molecule has 0 N–H and O–H groups in total. The Hall–Kier alpha value is -1.96. The minimum atomic E-state index is -3.16. The normalized spacial score (nSPS) is 9.94. The van der Waals surface area contributed by atoms with Crippen LogP contribution >= 0.6 is 0 Å². The van der Waals surface area contributed by atoms with Crippen molar-refractivity contribution < 1.29 is 8.42 Å². The lowest BCUT2D eigenvalue weighted by Gasteiger charge is -1.96. The van der Waals surface area contributed by atoms with E-state index in [1.54, 1.807) is 12.1 Å². The fraction of sp³-hybridized carbons (Fsp3) is 0.273. The van der Waals surface area contributed by atoms with Crippen LogP contribution in [0.3, 0.4) is 0 Å². The molecule has 0 aliphatic heterocycles. The summed E-state index contributed by atoms with van der Waals surface area (Å²) >= 11 is 0. The van der Waals surface area contributed by atoms with Crippen molar-refractivity contribution in [3.63, 3.8) is 0 Å². The molecule has 0 aliphatic carbocycles. The Bertz CT molecular complexity index is 588.